The predicted octanol–water partition coefficient (Wildman–Crippen LogP) is 1.06. The second-order valence-electron chi connectivity index (χ2n) is 5.35. The van der Waals surface area contributed by atoms with Crippen molar-refractivity contribution in [3.8, 4) is 0 Å². The third-order valence-electron chi connectivity index (χ3n) is 2.83. The van der Waals surface area contributed by atoms with E-state index >= 15 is 0 Å². The Morgan fingerprint density at radius 1 is 1.50 bits per heavy atom. The molecule has 2 amide bonds. The van der Waals surface area contributed by atoms with E-state index in [2.05, 4.69) is 10.4 Å². The zero-order valence-electron chi connectivity index (χ0n) is 12.3. The van der Waals surface area contributed by atoms with E-state index in [0.717, 1.165) is 5.56 Å². The van der Waals surface area contributed by atoms with E-state index < -0.39 is 18.0 Å². The number of carboxylic acids is 1. The van der Waals surface area contributed by atoms with Gasteiger partial charge in [-0.25, -0.2) is 9.59 Å². The lowest BCUT2D eigenvalue weighted by Gasteiger charge is -2.22. The molecular weight excluding hydrogens is 260 g/mol. The second kappa shape index (κ2) is 6.93. The highest BCUT2D eigenvalue weighted by Gasteiger charge is 2.22. The van der Waals surface area contributed by atoms with Crippen LogP contribution in [0.3, 0.4) is 0 Å². The van der Waals surface area contributed by atoms with Gasteiger partial charge in [0.15, 0.2) is 0 Å². The largest absolute Gasteiger partial charge is 0.480 e. The molecule has 0 aliphatic heterocycles. The second-order valence-corrected chi connectivity index (χ2v) is 5.35. The topological polar surface area (TPSA) is 87.5 Å². The molecule has 0 aromatic carbocycles. The Morgan fingerprint density at radius 2 is 2.15 bits per heavy atom. The molecule has 1 aromatic heterocycles. The van der Waals surface area contributed by atoms with Gasteiger partial charge in [0.05, 0.1) is 12.7 Å². The van der Waals surface area contributed by atoms with Crippen molar-refractivity contribution in [2.45, 2.75) is 32.9 Å². The Hall–Kier alpha value is -2.05. The minimum absolute atomic E-state index is 0.194. The molecule has 0 bridgehead atoms. The maximum Gasteiger partial charge on any atom is 0.326 e. The van der Waals surface area contributed by atoms with Crippen molar-refractivity contribution in [2.75, 3.05) is 7.05 Å². The summed E-state index contributed by atoms with van der Waals surface area (Å²) >= 11 is 0. The molecule has 7 nitrogen and oxygen atoms in total. The van der Waals surface area contributed by atoms with Gasteiger partial charge in [-0.3, -0.25) is 4.68 Å². The number of carboxylic acid groups (broad SMARTS) is 1. The van der Waals surface area contributed by atoms with Crippen LogP contribution < -0.4 is 5.32 Å². The number of hydrogen-bond donors (Lipinski definition) is 2. The van der Waals surface area contributed by atoms with Gasteiger partial charge >= 0.3 is 12.0 Å². The fraction of sp³-hybridized carbons (Fsp3) is 0.615. The molecule has 112 valence electrons. The molecule has 0 aliphatic rings. The molecule has 1 atom stereocenters. The quantitative estimate of drug-likeness (QED) is 0.816. The molecule has 1 aromatic rings. The van der Waals surface area contributed by atoms with Gasteiger partial charge in [-0.2, -0.15) is 5.10 Å². The first-order valence-electron chi connectivity index (χ1n) is 6.51. The number of urea groups is 1. The van der Waals surface area contributed by atoms with Crippen molar-refractivity contribution in [1.82, 2.24) is 20.0 Å². The van der Waals surface area contributed by atoms with E-state index in [4.69, 9.17) is 5.11 Å². The molecule has 0 spiro atoms. The summed E-state index contributed by atoms with van der Waals surface area (Å²) in [6.45, 7) is 4.22. The molecule has 0 aliphatic carbocycles. The first-order chi connectivity index (χ1) is 9.29. The van der Waals surface area contributed by atoms with Crippen LogP contribution in [0.5, 0.6) is 0 Å². The van der Waals surface area contributed by atoms with Crippen molar-refractivity contribution in [1.29, 1.82) is 0 Å². The number of carbonyl (C=O) groups is 2. The number of hydrogen-bond acceptors (Lipinski definition) is 3. The number of aliphatic carboxylic acids is 1. The number of rotatable bonds is 6. The van der Waals surface area contributed by atoms with Crippen LogP contribution in [-0.4, -0.2) is 44.9 Å². The molecular formula is C13H22N4O3. The molecule has 0 saturated heterocycles. The Bertz CT molecular complexity index is 470. The van der Waals surface area contributed by atoms with Gasteiger partial charge in [-0.05, 0) is 12.3 Å². The summed E-state index contributed by atoms with van der Waals surface area (Å²) in [6.07, 6.45) is 3.89. The lowest BCUT2D eigenvalue weighted by Crippen LogP contribution is -2.46. The van der Waals surface area contributed by atoms with Crippen LogP contribution in [0.4, 0.5) is 4.79 Å². The lowest BCUT2D eigenvalue weighted by atomic mass is 10.0. The van der Waals surface area contributed by atoms with E-state index in [9.17, 15) is 9.59 Å². The predicted molar refractivity (Wildman–Crippen MR) is 74.1 cm³/mol. The highest BCUT2D eigenvalue weighted by atomic mass is 16.4. The van der Waals surface area contributed by atoms with Gasteiger partial charge < -0.3 is 15.3 Å². The van der Waals surface area contributed by atoms with Gasteiger partial charge in [0, 0.05) is 25.9 Å². The minimum Gasteiger partial charge on any atom is -0.480 e. The smallest absolute Gasteiger partial charge is 0.326 e. The maximum absolute atomic E-state index is 12.0. The van der Waals surface area contributed by atoms with E-state index in [1.54, 1.807) is 25.0 Å². The summed E-state index contributed by atoms with van der Waals surface area (Å²) in [6, 6.07) is -1.26. The third kappa shape index (κ3) is 4.91. The molecule has 0 saturated carbocycles. The fourth-order valence-corrected chi connectivity index (χ4v) is 1.85. The Balaban J connectivity index is 2.57. The number of nitrogens with zero attached hydrogens (tertiary/aromatic N) is 3. The van der Waals surface area contributed by atoms with Crippen LogP contribution in [-0.2, 0) is 18.4 Å². The Kier molecular flexibility index (Phi) is 5.54. The summed E-state index contributed by atoms with van der Waals surface area (Å²) in [4.78, 5) is 24.5. The van der Waals surface area contributed by atoms with Crippen LogP contribution in [0.1, 0.15) is 25.8 Å². The number of amides is 2. The normalized spacial score (nSPS) is 12.2. The van der Waals surface area contributed by atoms with Gasteiger partial charge in [0.25, 0.3) is 0 Å². The molecule has 1 heterocycles. The minimum atomic E-state index is -1.01. The van der Waals surface area contributed by atoms with Gasteiger partial charge in [0.2, 0.25) is 0 Å². The first kappa shape index (κ1) is 16.0. The molecule has 1 rings (SSSR count). The Labute approximate surface area is 118 Å². The zero-order valence-corrected chi connectivity index (χ0v) is 12.3. The maximum atomic E-state index is 12.0. The average molecular weight is 282 g/mol. The van der Waals surface area contributed by atoms with E-state index in [0.29, 0.717) is 13.0 Å². The molecule has 0 radical (unpaired) electrons. The highest BCUT2D eigenvalue weighted by Crippen LogP contribution is 2.07. The van der Waals surface area contributed by atoms with E-state index in [-0.39, 0.29) is 5.92 Å². The monoisotopic (exact) mass is 282 g/mol. The van der Waals surface area contributed by atoms with E-state index in [1.807, 2.05) is 20.0 Å². The Morgan fingerprint density at radius 3 is 2.60 bits per heavy atom. The fourth-order valence-electron chi connectivity index (χ4n) is 1.85. The van der Waals surface area contributed by atoms with Crippen LogP contribution in [0, 0.1) is 5.92 Å². The van der Waals surface area contributed by atoms with Gasteiger partial charge in [-0.1, -0.05) is 13.8 Å². The summed E-state index contributed by atoms with van der Waals surface area (Å²) < 4.78 is 1.65. The SMILES string of the molecule is CC(C)C[C@@H](NC(=O)N(C)Cc1cnn(C)c1)C(=O)O. The highest BCUT2D eigenvalue weighted by molar-refractivity contribution is 5.82. The molecule has 7 heteroatoms. The van der Waals surface area contributed by atoms with Crippen LogP contribution >= 0.6 is 0 Å². The van der Waals surface area contributed by atoms with Crippen molar-refractivity contribution in [2.24, 2.45) is 13.0 Å². The summed E-state index contributed by atoms with van der Waals surface area (Å²) in [5.41, 5.74) is 0.890. The van der Waals surface area contributed by atoms with E-state index in [1.165, 1.54) is 4.90 Å². The number of aromatic nitrogens is 2. The van der Waals surface area contributed by atoms with Crippen molar-refractivity contribution in [3.63, 3.8) is 0 Å². The summed E-state index contributed by atoms with van der Waals surface area (Å²) in [5, 5.41) is 15.7. The van der Waals surface area contributed by atoms with Crippen molar-refractivity contribution < 1.29 is 14.7 Å². The van der Waals surface area contributed by atoms with Gasteiger partial charge in [-0.15, -0.1) is 0 Å². The zero-order chi connectivity index (χ0) is 15.3. The first-order valence-corrected chi connectivity index (χ1v) is 6.51. The van der Waals surface area contributed by atoms with Crippen LogP contribution in [0.2, 0.25) is 0 Å². The number of nitrogens with one attached hydrogen (secondary N) is 1. The standard InChI is InChI=1S/C13H22N4O3/c1-9(2)5-11(12(18)19)15-13(20)16(3)7-10-6-14-17(4)8-10/h6,8-9,11H,5,7H2,1-4H3,(H,15,20)(H,18,19)/t11-/m1/s1. The molecule has 0 fully saturated rings. The van der Waals surface area contributed by atoms with Crippen LogP contribution in [0.25, 0.3) is 0 Å². The van der Waals surface area contributed by atoms with Crippen molar-refractivity contribution in [3.05, 3.63) is 18.0 Å². The number of aryl methyl sites for hydroxylation is 1. The summed E-state index contributed by atoms with van der Waals surface area (Å²) in [5.74, 6) is -0.818. The van der Waals surface area contributed by atoms with Crippen LogP contribution in [0.15, 0.2) is 12.4 Å². The number of carbonyl (C=O) groups excluding carboxylic acids is 1. The molecule has 0 unspecified atom stereocenters. The molecule has 2 N–H and O–H groups in total. The van der Waals surface area contributed by atoms with Gasteiger partial charge in [0.1, 0.15) is 6.04 Å². The average Bonchev–Trinajstić information content (AvgIpc) is 2.72. The molecule has 20 heavy (non-hydrogen) atoms. The lowest BCUT2D eigenvalue weighted by molar-refractivity contribution is -0.139. The van der Waals surface area contributed by atoms with Crippen molar-refractivity contribution >= 4 is 12.0 Å². The third-order valence-corrected chi connectivity index (χ3v) is 2.83. The summed E-state index contributed by atoms with van der Waals surface area (Å²) in [7, 11) is 3.42.